The molecule has 1 atom stereocenters. The van der Waals surface area contributed by atoms with E-state index in [4.69, 9.17) is 0 Å². The Morgan fingerprint density at radius 1 is 1.28 bits per heavy atom. The summed E-state index contributed by atoms with van der Waals surface area (Å²) in [5.41, 5.74) is 1.96. The van der Waals surface area contributed by atoms with Crippen LogP contribution in [0.5, 0.6) is 0 Å². The van der Waals surface area contributed by atoms with Crippen molar-refractivity contribution in [2.24, 2.45) is 5.41 Å². The first kappa shape index (κ1) is 12.2. The topological polar surface area (TPSA) is 29.9 Å². The molecule has 18 heavy (non-hydrogen) atoms. The summed E-state index contributed by atoms with van der Waals surface area (Å²) < 4.78 is 2.46. The van der Waals surface area contributed by atoms with Crippen LogP contribution in [0, 0.1) is 5.41 Å². The van der Waals surface area contributed by atoms with Crippen LogP contribution < -0.4 is 5.32 Å². The zero-order valence-electron chi connectivity index (χ0n) is 11.7. The van der Waals surface area contributed by atoms with E-state index >= 15 is 0 Å². The number of imidazole rings is 1. The van der Waals surface area contributed by atoms with Gasteiger partial charge in [-0.15, -0.1) is 0 Å². The van der Waals surface area contributed by atoms with Gasteiger partial charge in [0.15, 0.2) is 0 Å². The Kier molecular flexibility index (Phi) is 3.18. The molecule has 1 aromatic heterocycles. The largest absolute Gasteiger partial charge is 0.330 e. The molecule has 0 bridgehead atoms. The molecule has 0 unspecified atom stereocenters. The van der Waals surface area contributed by atoms with Crippen LogP contribution >= 0.6 is 0 Å². The van der Waals surface area contributed by atoms with Crippen molar-refractivity contribution in [3.8, 4) is 0 Å². The van der Waals surface area contributed by atoms with Crippen LogP contribution in [0.2, 0.25) is 0 Å². The predicted molar refractivity (Wildman–Crippen MR) is 73.5 cm³/mol. The second-order valence-corrected chi connectivity index (χ2v) is 6.77. The van der Waals surface area contributed by atoms with E-state index in [1.807, 2.05) is 0 Å². The van der Waals surface area contributed by atoms with E-state index in [2.05, 4.69) is 41.2 Å². The smallest absolute Gasteiger partial charge is 0.0951 e. The van der Waals surface area contributed by atoms with E-state index in [0.717, 1.165) is 6.54 Å². The van der Waals surface area contributed by atoms with E-state index in [-0.39, 0.29) is 0 Å². The van der Waals surface area contributed by atoms with Crippen molar-refractivity contribution >= 4 is 0 Å². The fourth-order valence-electron chi connectivity index (χ4n) is 3.49. The highest BCUT2D eigenvalue weighted by molar-refractivity contribution is 5.09. The summed E-state index contributed by atoms with van der Waals surface area (Å²) in [7, 11) is 0. The van der Waals surface area contributed by atoms with Crippen molar-refractivity contribution in [3.05, 3.63) is 18.2 Å². The normalized spacial score (nSPS) is 28.7. The minimum atomic E-state index is 0.544. The third-order valence-corrected chi connectivity index (χ3v) is 4.82. The second-order valence-electron chi connectivity index (χ2n) is 6.77. The van der Waals surface area contributed by atoms with Gasteiger partial charge in [0.2, 0.25) is 0 Å². The van der Waals surface area contributed by atoms with Crippen molar-refractivity contribution in [2.45, 2.75) is 64.5 Å². The van der Waals surface area contributed by atoms with E-state index in [1.54, 1.807) is 0 Å². The van der Waals surface area contributed by atoms with Gasteiger partial charge in [0.1, 0.15) is 0 Å². The summed E-state index contributed by atoms with van der Waals surface area (Å²) in [6.45, 7) is 5.96. The molecule has 1 aliphatic heterocycles. The molecule has 3 rings (SSSR count). The first-order chi connectivity index (χ1) is 8.66. The summed E-state index contributed by atoms with van der Waals surface area (Å²) in [5, 5.41) is 3.59. The number of aromatic nitrogens is 2. The van der Waals surface area contributed by atoms with Crippen LogP contribution in [-0.4, -0.2) is 16.1 Å². The molecule has 1 aliphatic carbocycles. The number of nitrogens with zero attached hydrogens (tertiary/aromatic N) is 2. The van der Waals surface area contributed by atoms with Gasteiger partial charge in [-0.3, -0.25) is 0 Å². The van der Waals surface area contributed by atoms with Crippen LogP contribution in [0.25, 0.3) is 0 Å². The lowest BCUT2D eigenvalue weighted by Crippen LogP contribution is -2.25. The lowest BCUT2D eigenvalue weighted by Gasteiger charge is -2.35. The Morgan fingerprint density at radius 3 is 2.72 bits per heavy atom. The van der Waals surface area contributed by atoms with Crippen molar-refractivity contribution < 1.29 is 0 Å². The van der Waals surface area contributed by atoms with Gasteiger partial charge in [-0.1, -0.05) is 13.8 Å². The van der Waals surface area contributed by atoms with Crippen molar-refractivity contribution in [1.82, 2.24) is 14.9 Å². The van der Waals surface area contributed by atoms with Crippen LogP contribution in [0.3, 0.4) is 0 Å². The van der Waals surface area contributed by atoms with Gasteiger partial charge in [-0.05, 0) is 50.5 Å². The van der Waals surface area contributed by atoms with Crippen LogP contribution in [0.15, 0.2) is 12.5 Å². The average Bonchev–Trinajstić information content (AvgIpc) is 2.99. The highest BCUT2D eigenvalue weighted by Crippen LogP contribution is 2.41. The molecule has 3 heteroatoms. The molecule has 0 spiro atoms. The zero-order chi connectivity index (χ0) is 12.6. The van der Waals surface area contributed by atoms with Crippen molar-refractivity contribution in [1.29, 1.82) is 0 Å². The Balaban J connectivity index is 1.75. The monoisotopic (exact) mass is 247 g/mol. The van der Waals surface area contributed by atoms with Gasteiger partial charge in [-0.2, -0.15) is 0 Å². The fourth-order valence-corrected chi connectivity index (χ4v) is 3.49. The standard InChI is InChI=1S/C15H25N3/c1-15(2)7-5-12(6-8-15)18-11-16-10-14(18)13-4-3-9-17-13/h10-13,17H,3-9H2,1-2H3/t13-/m0/s1. The predicted octanol–water partition coefficient (Wildman–Crippen LogP) is 3.45. The fraction of sp³-hybridized carbons (Fsp3) is 0.800. The Labute approximate surface area is 110 Å². The van der Waals surface area contributed by atoms with Crippen molar-refractivity contribution in [2.75, 3.05) is 6.54 Å². The van der Waals surface area contributed by atoms with Crippen LogP contribution in [0.1, 0.15) is 70.2 Å². The lowest BCUT2D eigenvalue weighted by molar-refractivity contribution is 0.190. The van der Waals surface area contributed by atoms with Gasteiger partial charge in [0.05, 0.1) is 12.0 Å². The number of hydrogen-bond donors (Lipinski definition) is 1. The maximum atomic E-state index is 4.40. The SMILES string of the molecule is CC1(C)CCC(n2cncc2[C@@H]2CCCN2)CC1. The molecule has 3 nitrogen and oxygen atoms in total. The summed E-state index contributed by atoms with van der Waals surface area (Å²) >= 11 is 0. The molecular weight excluding hydrogens is 222 g/mol. The lowest BCUT2D eigenvalue weighted by atomic mass is 9.75. The van der Waals surface area contributed by atoms with Gasteiger partial charge in [-0.25, -0.2) is 4.98 Å². The molecule has 2 heterocycles. The van der Waals surface area contributed by atoms with Gasteiger partial charge >= 0.3 is 0 Å². The second kappa shape index (κ2) is 4.69. The number of hydrogen-bond acceptors (Lipinski definition) is 2. The van der Waals surface area contributed by atoms with Crippen LogP contribution in [-0.2, 0) is 0 Å². The van der Waals surface area contributed by atoms with E-state index in [1.165, 1.54) is 44.2 Å². The molecule has 100 valence electrons. The first-order valence-corrected chi connectivity index (χ1v) is 7.41. The molecule has 1 aromatic rings. The molecular formula is C15H25N3. The average molecular weight is 247 g/mol. The summed E-state index contributed by atoms with van der Waals surface area (Å²) in [5.74, 6) is 0. The van der Waals surface area contributed by atoms with Gasteiger partial charge in [0.25, 0.3) is 0 Å². The third kappa shape index (κ3) is 2.33. The van der Waals surface area contributed by atoms with Gasteiger partial charge in [0, 0.05) is 18.3 Å². The molecule has 1 N–H and O–H groups in total. The Morgan fingerprint density at radius 2 is 2.06 bits per heavy atom. The summed E-state index contributed by atoms with van der Waals surface area (Å²) in [4.78, 5) is 4.40. The minimum absolute atomic E-state index is 0.544. The third-order valence-electron chi connectivity index (χ3n) is 4.82. The Hall–Kier alpha value is -0.830. The maximum Gasteiger partial charge on any atom is 0.0951 e. The summed E-state index contributed by atoms with van der Waals surface area (Å²) in [6.07, 6.45) is 12.0. The highest BCUT2D eigenvalue weighted by Gasteiger charge is 2.30. The maximum absolute atomic E-state index is 4.40. The molecule has 1 saturated heterocycles. The zero-order valence-corrected chi connectivity index (χ0v) is 11.7. The summed E-state index contributed by atoms with van der Waals surface area (Å²) in [6, 6.07) is 1.22. The molecule has 1 saturated carbocycles. The highest BCUT2D eigenvalue weighted by atomic mass is 15.1. The molecule has 2 aliphatic rings. The molecule has 0 radical (unpaired) electrons. The van der Waals surface area contributed by atoms with E-state index in [0.29, 0.717) is 17.5 Å². The first-order valence-electron chi connectivity index (χ1n) is 7.41. The molecule has 0 amide bonds. The molecule has 0 aromatic carbocycles. The Bertz CT molecular complexity index is 392. The van der Waals surface area contributed by atoms with Crippen LogP contribution in [0.4, 0.5) is 0 Å². The number of rotatable bonds is 2. The van der Waals surface area contributed by atoms with Crippen molar-refractivity contribution in [3.63, 3.8) is 0 Å². The number of nitrogens with one attached hydrogen (secondary N) is 1. The van der Waals surface area contributed by atoms with E-state index < -0.39 is 0 Å². The minimum Gasteiger partial charge on any atom is -0.330 e. The molecule has 2 fully saturated rings. The quantitative estimate of drug-likeness (QED) is 0.867. The van der Waals surface area contributed by atoms with E-state index in [9.17, 15) is 0 Å². The van der Waals surface area contributed by atoms with Gasteiger partial charge < -0.3 is 9.88 Å².